The lowest BCUT2D eigenvalue weighted by Gasteiger charge is -2.22. The summed E-state index contributed by atoms with van der Waals surface area (Å²) in [5.74, 6) is -0.0267. The van der Waals surface area contributed by atoms with Crippen LogP contribution in [0, 0.1) is 11.7 Å². The van der Waals surface area contributed by atoms with Gasteiger partial charge in [0.25, 0.3) is 0 Å². The SMILES string of the molecule is CC1CC(C(Br)c2cc3c(cc2F)NC(=O)CC3)CO1. The summed E-state index contributed by atoms with van der Waals surface area (Å²) in [6, 6.07) is 3.32. The minimum Gasteiger partial charge on any atom is -0.378 e. The first-order valence-electron chi connectivity index (χ1n) is 6.92. The quantitative estimate of drug-likeness (QED) is 0.835. The lowest BCUT2D eigenvalue weighted by Crippen LogP contribution is -2.20. The van der Waals surface area contributed by atoms with Crippen LogP contribution < -0.4 is 5.32 Å². The second-order valence-corrected chi connectivity index (χ2v) is 6.61. The Balaban J connectivity index is 1.88. The van der Waals surface area contributed by atoms with Crippen LogP contribution in [0.15, 0.2) is 12.1 Å². The first-order chi connectivity index (χ1) is 9.54. The molecule has 1 saturated heterocycles. The number of alkyl halides is 1. The van der Waals surface area contributed by atoms with E-state index >= 15 is 0 Å². The third-order valence-corrected chi connectivity index (χ3v) is 5.30. The van der Waals surface area contributed by atoms with Gasteiger partial charge in [0.1, 0.15) is 5.82 Å². The normalized spacial score (nSPS) is 27.1. The minimum atomic E-state index is -0.271. The van der Waals surface area contributed by atoms with Gasteiger partial charge in [-0.1, -0.05) is 15.9 Å². The van der Waals surface area contributed by atoms with Crippen LogP contribution in [0.2, 0.25) is 0 Å². The van der Waals surface area contributed by atoms with Crippen LogP contribution in [0.3, 0.4) is 0 Å². The van der Waals surface area contributed by atoms with Crippen LogP contribution in [0.4, 0.5) is 10.1 Å². The number of rotatable bonds is 2. The molecule has 2 aliphatic rings. The zero-order valence-electron chi connectivity index (χ0n) is 11.3. The number of hydrogen-bond donors (Lipinski definition) is 1. The number of carbonyl (C=O) groups is 1. The first-order valence-corrected chi connectivity index (χ1v) is 7.84. The Kier molecular flexibility index (Phi) is 3.82. The monoisotopic (exact) mass is 341 g/mol. The molecule has 1 amide bonds. The van der Waals surface area contributed by atoms with E-state index in [9.17, 15) is 9.18 Å². The Labute approximate surface area is 126 Å². The van der Waals surface area contributed by atoms with Crippen LogP contribution in [-0.2, 0) is 16.0 Å². The van der Waals surface area contributed by atoms with E-state index in [-0.39, 0.29) is 28.6 Å². The predicted octanol–water partition coefficient (Wildman–Crippen LogP) is 3.57. The van der Waals surface area contributed by atoms with Gasteiger partial charge in [-0.2, -0.15) is 0 Å². The average molecular weight is 342 g/mol. The molecule has 1 aromatic carbocycles. The smallest absolute Gasteiger partial charge is 0.224 e. The number of halogens is 2. The summed E-state index contributed by atoms with van der Waals surface area (Å²) >= 11 is 3.62. The van der Waals surface area contributed by atoms with E-state index < -0.39 is 0 Å². The lowest BCUT2D eigenvalue weighted by atomic mass is 9.93. The second-order valence-electron chi connectivity index (χ2n) is 5.62. The molecule has 108 valence electrons. The Bertz CT molecular complexity index is 549. The molecule has 0 saturated carbocycles. The molecule has 0 spiro atoms. The highest BCUT2D eigenvalue weighted by Gasteiger charge is 2.31. The van der Waals surface area contributed by atoms with Gasteiger partial charge in [-0.05, 0) is 37.5 Å². The minimum absolute atomic E-state index is 0.0435. The van der Waals surface area contributed by atoms with E-state index in [2.05, 4.69) is 21.2 Å². The zero-order valence-corrected chi connectivity index (χ0v) is 12.9. The van der Waals surface area contributed by atoms with E-state index in [4.69, 9.17) is 4.74 Å². The maximum absolute atomic E-state index is 14.3. The molecular formula is C15H17BrFNO2. The molecule has 1 fully saturated rings. The van der Waals surface area contributed by atoms with E-state index in [0.29, 0.717) is 30.7 Å². The van der Waals surface area contributed by atoms with Crippen LogP contribution in [-0.4, -0.2) is 18.6 Å². The van der Waals surface area contributed by atoms with Crippen molar-refractivity contribution in [3.63, 3.8) is 0 Å². The molecule has 3 nitrogen and oxygen atoms in total. The summed E-state index contributed by atoms with van der Waals surface area (Å²) in [6.45, 7) is 2.70. The van der Waals surface area contributed by atoms with Crippen molar-refractivity contribution in [3.05, 3.63) is 29.1 Å². The van der Waals surface area contributed by atoms with Gasteiger partial charge >= 0.3 is 0 Å². The Hall–Kier alpha value is -0.940. The molecule has 2 aliphatic heterocycles. The fourth-order valence-corrected chi connectivity index (χ4v) is 3.66. The summed E-state index contributed by atoms with van der Waals surface area (Å²) in [5.41, 5.74) is 2.29. The topological polar surface area (TPSA) is 38.3 Å². The van der Waals surface area contributed by atoms with Gasteiger partial charge in [0.15, 0.2) is 0 Å². The number of nitrogens with one attached hydrogen (secondary N) is 1. The van der Waals surface area contributed by atoms with Gasteiger partial charge in [0, 0.05) is 28.4 Å². The molecule has 3 atom stereocenters. The third kappa shape index (κ3) is 2.61. The largest absolute Gasteiger partial charge is 0.378 e. The number of anilines is 1. The van der Waals surface area contributed by atoms with Crippen molar-refractivity contribution in [1.29, 1.82) is 0 Å². The molecule has 1 N–H and O–H groups in total. The van der Waals surface area contributed by atoms with Crippen molar-refractivity contribution in [1.82, 2.24) is 0 Å². The predicted molar refractivity (Wildman–Crippen MR) is 78.5 cm³/mol. The maximum atomic E-state index is 14.3. The first kappa shape index (κ1) is 14.0. The van der Waals surface area contributed by atoms with Gasteiger partial charge < -0.3 is 10.1 Å². The number of carbonyl (C=O) groups excluding carboxylic acids is 1. The van der Waals surface area contributed by atoms with Crippen molar-refractivity contribution in [2.24, 2.45) is 5.92 Å². The van der Waals surface area contributed by atoms with Gasteiger partial charge in [-0.15, -0.1) is 0 Å². The number of fused-ring (bicyclic) bond motifs is 1. The van der Waals surface area contributed by atoms with Crippen LogP contribution in [0.5, 0.6) is 0 Å². The highest BCUT2D eigenvalue weighted by Crippen LogP contribution is 2.40. The molecule has 0 aromatic heterocycles. The lowest BCUT2D eigenvalue weighted by molar-refractivity contribution is -0.116. The summed E-state index contributed by atoms with van der Waals surface area (Å²) in [6.07, 6.45) is 2.31. The second kappa shape index (κ2) is 5.45. The number of ether oxygens (including phenoxy) is 1. The highest BCUT2D eigenvalue weighted by atomic mass is 79.9. The summed E-state index contributed by atoms with van der Waals surface area (Å²) in [4.78, 5) is 11.3. The highest BCUT2D eigenvalue weighted by molar-refractivity contribution is 9.09. The van der Waals surface area contributed by atoms with Gasteiger partial charge in [0.05, 0.1) is 12.7 Å². The van der Waals surface area contributed by atoms with Crippen molar-refractivity contribution >= 4 is 27.5 Å². The molecule has 20 heavy (non-hydrogen) atoms. The Morgan fingerprint density at radius 1 is 1.45 bits per heavy atom. The van der Waals surface area contributed by atoms with E-state index in [1.54, 1.807) is 0 Å². The fraction of sp³-hybridized carbons (Fsp3) is 0.533. The molecule has 0 bridgehead atoms. The summed E-state index contributed by atoms with van der Waals surface area (Å²) in [7, 11) is 0. The molecule has 3 unspecified atom stereocenters. The maximum Gasteiger partial charge on any atom is 0.224 e. The van der Waals surface area contributed by atoms with Crippen molar-refractivity contribution in [2.45, 2.75) is 37.1 Å². The molecular weight excluding hydrogens is 325 g/mol. The number of aryl methyl sites for hydroxylation is 1. The molecule has 0 radical (unpaired) electrons. The standard InChI is InChI=1S/C15H17BrFNO2/c1-8-4-10(7-20-8)15(16)11-5-9-2-3-14(19)18-13(9)6-12(11)17/h5-6,8,10,15H,2-4,7H2,1H3,(H,18,19). The molecule has 0 aliphatic carbocycles. The zero-order chi connectivity index (χ0) is 14.3. The molecule has 1 aromatic rings. The number of hydrogen-bond acceptors (Lipinski definition) is 2. The fourth-order valence-electron chi connectivity index (χ4n) is 2.94. The van der Waals surface area contributed by atoms with Crippen molar-refractivity contribution < 1.29 is 13.9 Å². The van der Waals surface area contributed by atoms with Crippen molar-refractivity contribution in [2.75, 3.05) is 11.9 Å². The van der Waals surface area contributed by atoms with E-state index in [1.807, 2.05) is 13.0 Å². The molecule has 2 heterocycles. The summed E-state index contributed by atoms with van der Waals surface area (Å²) < 4.78 is 19.8. The summed E-state index contributed by atoms with van der Waals surface area (Å²) in [5, 5.41) is 2.72. The Morgan fingerprint density at radius 2 is 2.25 bits per heavy atom. The third-order valence-electron chi connectivity index (χ3n) is 4.06. The van der Waals surface area contributed by atoms with Crippen LogP contribution >= 0.6 is 15.9 Å². The number of amides is 1. The van der Waals surface area contributed by atoms with E-state index in [1.165, 1.54) is 6.07 Å². The van der Waals surface area contributed by atoms with E-state index in [0.717, 1.165) is 12.0 Å². The molecule has 5 heteroatoms. The Morgan fingerprint density at radius 3 is 2.95 bits per heavy atom. The van der Waals surface area contributed by atoms with Gasteiger partial charge in [-0.25, -0.2) is 4.39 Å². The van der Waals surface area contributed by atoms with Crippen LogP contribution in [0.1, 0.15) is 35.7 Å². The van der Waals surface area contributed by atoms with Crippen LogP contribution in [0.25, 0.3) is 0 Å². The van der Waals surface area contributed by atoms with Gasteiger partial charge in [0.2, 0.25) is 5.91 Å². The molecule has 3 rings (SSSR count). The van der Waals surface area contributed by atoms with Crippen molar-refractivity contribution in [3.8, 4) is 0 Å². The van der Waals surface area contributed by atoms with Gasteiger partial charge in [-0.3, -0.25) is 4.79 Å². The average Bonchev–Trinajstić information content (AvgIpc) is 2.84. The number of benzene rings is 1.